The molecule has 0 aliphatic carbocycles. The maximum atomic E-state index is 10.8. The first kappa shape index (κ1) is 17.1. The summed E-state index contributed by atoms with van der Waals surface area (Å²) < 4.78 is 0. The Bertz CT molecular complexity index is 663. The Hall–Kier alpha value is -1.69. The molecule has 0 amide bonds. The standard InChI is InChI=1S/C19H24N2O2S/c1-20(13-19(22)23)17-7-9-21(10-8-17)12-18-11-16(14-24-18)15-5-3-2-4-6-15/h2-6,11,14,17H,7-10,12-13H2,1H3,(H,22,23). The maximum absolute atomic E-state index is 10.8. The van der Waals surface area contributed by atoms with Gasteiger partial charge in [-0.1, -0.05) is 30.3 Å². The largest absolute Gasteiger partial charge is 0.480 e. The Kier molecular flexibility index (Phi) is 5.66. The van der Waals surface area contributed by atoms with Crippen LogP contribution < -0.4 is 0 Å². The number of hydrogen-bond donors (Lipinski definition) is 1. The van der Waals surface area contributed by atoms with Crippen molar-refractivity contribution in [3.8, 4) is 11.1 Å². The van der Waals surface area contributed by atoms with E-state index in [0.717, 1.165) is 32.5 Å². The Morgan fingerprint density at radius 1 is 1.25 bits per heavy atom. The number of carboxylic acids is 1. The van der Waals surface area contributed by atoms with Gasteiger partial charge in [-0.3, -0.25) is 14.6 Å². The summed E-state index contributed by atoms with van der Waals surface area (Å²) >= 11 is 1.82. The number of aliphatic carboxylic acids is 1. The molecule has 0 spiro atoms. The summed E-state index contributed by atoms with van der Waals surface area (Å²) in [4.78, 5) is 16.7. The molecule has 3 rings (SSSR count). The second-order valence-corrected chi connectivity index (χ2v) is 7.48. The summed E-state index contributed by atoms with van der Waals surface area (Å²) in [7, 11) is 1.92. The summed E-state index contributed by atoms with van der Waals surface area (Å²) in [6.45, 7) is 3.20. The van der Waals surface area contributed by atoms with Gasteiger partial charge < -0.3 is 5.11 Å². The molecule has 2 heterocycles. The molecule has 0 bridgehead atoms. The van der Waals surface area contributed by atoms with Crippen LogP contribution in [0.25, 0.3) is 11.1 Å². The molecule has 0 unspecified atom stereocenters. The second-order valence-electron chi connectivity index (χ2n) is 6.48. The topological polar surface area (TPSA) is 43.8 Å². The molecule has 0 radical (unpaired) electrons. The van der Waals surface area contributed by atoms with Crippen LogP contribution in [0.15, 0.2) is 41.8 Å². The van der Waals surface area contributed by atoms with Crippen molar-refractivity contribution >= 4 is 17.3 Å². The molecular formula is C19H24N2O2S. The third-order valence-electron chi connectivity index (χ3n) is 4.71. The molecule has 1 aliphatic heterocycles. The molecule has 1 saturated heterocycles. The van der Waals surface area contributed by atoms with Crippen molar-refractivity contribution in [3.05, 3.63) is 46.7 Å². The van der Waals surface area contributed by atoms with Crippen LogP contribution in [0.2, 0.25) is 0 Å². The maximum Gasteiger partial charge on any atom is 0.317 e. The van der Waals surface area contributed by atoms with E-state index in [-0.39, 0.29) is 6.54 Å². The Morgan fingerprint density at radius 2 is 1.96 bits per heavy atom. The molecule has 2 aromatic rings. The number of nitrogens with zero attached hydrogens (tertiary/aromatic N) is 2. The molecule has 5 heteroatoms. The average Bonchev–Trinajstić information content (AvgIpc) is 3.04. The van der Waals surface area contributed by atoms with Crippen LogP contribution in [0.3, 0.4) is 0 Å². The van der Waals surface area contributed by atoms with Crippen LogP contribution in [-0.4, -0.2) is 53.6 Å². The van der Waals surface area contributed by atoms with Crippen LogP contribution in [0.1, 0.15) is 17.7 Å². The van der Waals surface area contributed by atoms with Gasteiger partial charge in [0.2, 0.25) is 0 Å². The highest BCUT2D eigenvalue weighted by Crippen LogP contribution is 2.27. The van der Waals surface area contributed by atoms with E-state index in [4.69, 9.17) is 5.11 Å². The fourth-order valence-corrected chi connectivity index (χ4v) is 4.26. The Morgan fingerprint density at radius 3 is 2.62 bits per heavy atom. The third-order valence-corrected chi connectivity index (χ3v) is 5.63. The van der Waals surface area contributed by atoms with Gasteiger partial charge >= 0.3 is 5.97 Å². The van der Waals surface area contributed by atoms with Gasteiger partial charge in [0.05, 0.1) is 6.54 Å². The van der Waals surface area contributed by atoms with E-state index in [0.29, 0.717) is 6.04 Å². The number of rotatable bonds is 6. The van der Waals surface area contributed by atoms with E-state index in [1.165, 1.54) is 16.0 Å². The lowest BCUT2D eigenvalue weighted by Crippen LogP contribution is -2.44. The molecule has 128 valence electrons. The van der Waals surface area contributed by atoms with E-state index >= 15 is 0 Å². The number of thiophene rings is 1. The molecule has 1 fully saturated rings. The number of likely N-dealkylation sites (N-methyl/N-ethyl adjacent to an activating group) is 1. The molecule has 24 heavy (non-hydrogen) atoms. The number of carbonyl (C=O) groups is 1. The lowest BCUT2D eigenvalue weighted by Gasteiger charge is -2.35. The fourth-order valence-electron chi connectivity index (χ4n) is 3.33. The number of benzene rings is 1. The summed E-state index contributed by atoms with van der Waals surface area (Å²) in [5.74, 6) is -0.744. The van der Waals surface area contributed by atoms with E-state index in [9.17, 15) is 4.79 Å². The highest BCUT2D eigenvalue weighted by molar-refractivity contribution is 7.10. The van der Waals surface area contributed by atoms with Gasteiger partial charge in [0, 0.05) is 30.6 Å². The van der Waals surface area contributed by atoms with Crippen molar-refractivity contribution in [2.24, 2.45) is 0 Å². The molecule has 0 saturated carbocycles. The molecule has 1 aromatic carbocycles. The zero-order chi connectivity index (χ0) is 16.9. The van der Waals surface area contributed by atoms with E-state index in [1.54, 1.807) is 0 Å². The van der Waals surface area contributed by atoms with E-state index < -0.39 is 5.97 Å². The van der Waals surface area contributed by atoms with Gasteiger partial charge in [-0.05, 0) is 42.5 Å². The minimum absolute atomic E-state index is 0.135. The second kappa shape index (κ2) is 7.92. The monoisotopic (exact) mass is 344 g/mol. The number of hydrogen-bond acceptors (Lipinski definition) is 4. The van der Waals surface area contributed by atoms with Crippen LogP contribution >= 0.6 is 11.3 Å². The molecular weight excluding hydrogens is 320 g/mol. The molecule has 1 aromatic heterocycles. The first-order valence-corrected chi connectivity index (χ1v) is 9.27. The zero-order valence-corrected chi connectivity index (χ0v) is 14.8. The SMILES string of the molecule is CN(CC(=O)O)C1CCN(Cc2cc(-c3ccccc3)cs2)CC1. The van der Waals surface area contributed by atoms with Crippen molar-refractivity contribution in [1.29, 1.82) is 0 Å². The first-order valence-electron chi connectivity index (χ1n) is 8.39. The average molecular weight is 344 g/mol. The van der Waals surface area contributed by atoms with Gasteiger partial charge in [0.25, 0.3) is 0 Å². The van der Waals surface area contributed by atoms with Crippen LogP contribution in [0.5, 0.6) is 0 Å². The molecule has 1 aliphatic rings. The summed E-state index contributed by atoms with van der Waals surface area (Å²) in [6.07, 6.45) is 2.08. The molecule has 1 N–H and O–H groups in total. The predicted octanol–water partition coefficient (Wildman–Crippen LogP) is 3.40. The van der Waals surface area contributed by atoms with Gasteiger partial charge in [0.1, 0.15) is 0 Å². The molecule has 4 nitrogen and oxygen atoms in total. The zero-order valence-electron chi connectivity index (χ0n) is 14.0. The van der Waals surface area contributed by atoms with Gasteiger partial charge in [-0.15, -0.1) is 11.3 Å². The van der Waals surface area contributed by atoms with Crippen LogP contribution in [0.4, 0.5) is 0 Å². The normalized spacial score (nSPS) is 16.6. The van der Waals surface area contributed by atoms with Gasteiger partial charge in [-0.25, -0.2) is 0 Å². The lowest BCUT2D eigenvalue weighted by molar-refractivity contribution is -0.138. The lowest BCUT2D eigenvalue weighted by atomic mass is 10.0. The number of likely N-dealkylation sites (tertiary alicyclic amines) is 1. The van der Waals surface area contributed by atoms with E-state index in [1.807, 2.05) is 29.4 Å². The van der Waals surface area contributed by atoms with Crippen molar-refractivity contribution in [2.75, 3.05) is 26.7 Å². The van der Waals surface area contributed by atoms with Gasteiger partial charge in [-0.2, -0.15) is 0 Å². The summed E-state index contributed by atoms with van der Waals surface area (Å²) in [6, 6.07) is 13.2. The Balaban J connectivity index is 1.52. The van der Waals surface area contributed by atoms with Gasteiger partial charge in [0.15, 0.2) is 0 Å². The van der Waals surface area contributed by atoms with Crippen molar-refractivity contribution < 1.29 is 9.90 Å². The minimum Gasteiger partial charge on any atom is -0.480 e. The van der Waals surface area contributed by atoms with Crippen LogP contribution in [0, 0.1) is 0 Å². The molecule has 0 atom stereocenters. The minimum atomic E-state index is -0.744. The smallest absolute Gasteiger partial charge is 0.317 e. The van der Waals surface area contributed by atoms with Crippen molar-refractivity contribution in [2.45, 2.75) is 25.4 Å². The fraction of sp³-hybridized carbons (Fsp3) is 0.421. The van der Waals surface area contributed by atoms with Crippen molar-refractivity contribution in [3.63, 3.8) is 0 Å². The summed E-state index contributed by atoms with van der Waals surface area (Å²) in [5, 5.41) is 11.1. The quantitative estimate of drug-likeness (QED) is 0.872. The first-order chi connectivity index (χ1) is 11.6. The van der Waals surface area contributed by atoms with Crippen LogP contribution in [-0.2, 0) is 11.3 Å². The third kappa shape index (κ3) is 4.44. The predicted molar refractivity (Wildman–Crippen MR) is 98.3 cm³/mol. The summed E-state index contributed by atoms with van der Waals surface area (Å²) in [5.41, 5.74) is 2.57. The number of carboxylic acid groups (broad SMARTS) is 1. The van der Waals surface area contributed by atoms with Crippen molar-refractivity contribution in [1.82, 2.24) is 9.80 Å². The highest BCUT2D eigenvalue weighted by atomic mass is 32.1. The highest BCUT2D eigenvalue weighted by Gasteiger charge is 2.23. The van der Waals surface area contributed by atoms with E-state index in [2.05, 4.69) is 40.6 Å². The number of piperidine rings is 1. The Labute approximate surface area is 147 Å².